The largest absolute Gasteiger partial charge is 0.634 e. The molecule has 0 aliphatic carbocycles. The van der Waals surface area contributed by atoms with Gasteiger partial charge in [-0.15, -0.1) is 0 Å². The highest BCUT2D eigenvalue weighted by molar-refractivity contribution is 4.76. The number of hydrogen-bond donors (Lipinski definition) is 3. The summed E-state index contributed by atoms with van der Waals surface area (Å²) in [5, 5.41) is 10.9. The van der Waals surface area contributed by atoms with Crippen LogP contribution in [0.2, 0.25) is 0 Å². The molecule has 0 aromatic heterocycles. The fourth-order valence-electron chi connectivity index (χ4n) is 0.503. The molecule has 4 nitrogen and oxygen atoms in total. The van der Waals surface area contributed by atoms with Gasteiger partial charge in [-0.05, 0) is 12.2 Å². The maximum absolute atomic E-state index is 10.7. The lowest BCUT2D eigenvalue weighted by atomic mass is 10.5. The summed E-state index contributed by atoms with van der Waals surface area (Å²) in [6, 6.07) is 0. The highest BCUT2D eigenvalue weighted by Crippen LogP contribution is 1.58. The van der Waals surface area contributed by atoms with E-state index in [2.05, 4.69) is 12.0 Å². The van der Waals surface area contributed by atoms with Gasteiger partial charge in [-0.1, -0.05) is 6.58 Å². The van der Waals surface area contributed by atoms with Crippen LogP contribution in [0, 0.1) is 5.21 Å². The molecule has 10 heavy (non-hydrogen) atoms. The third kappa shape index (κ3) is 5.30. The molecule has 0 fully saturated rings. The minimum atomic E-state index is 0.140. The molecule has 0 saturated heterocycles. The van der Waals surface area contributed by atoms with Crippen molar-refractivity contribution < 1.29 is 5.06 Å². The Morgan fingerprint density at radius 1 is 1.60 bits per heavy atom. The highest BCUT2D eigenvalue weighted by Gasteiger charge is 1.85. The van der Waals surface area contributed by atoms with Gasteiger partial charge in [-0.25, -0.2) is 0 Å². The van der Waals surface area contributed by atoms with Crippen molar-refractivity contribution in [2.75, 3.05) is 13.1 Å². The van der Waals surface area contributed by atoms with Gasteiger partial charge in [0.05, 0.1) is 13.1 Å². The lowest BCUT2D eigenvalue weighted by Gasteiger charge is -2.17. The highest BCUT2D eigenvalue weighted by atomic mass is 16.5. The summed E-state index contributed by atoms with van der Waals surface area (Å²) < 4.78 is 0. The molecule has 0 spiro atoms. The van der Waals surface area contributed by atoms with Crippen molar-refractivity contribution in [1.29, 1.82) is 0 Å². The molecule has 58 valence electrons. The third-order valence-electron chi connectivity index (χ3n) is 0.932. The lowest BCUT2D eigenvalue weighted by Crippen LogP contribution is -3.06. The summed E-state index contributed by atoms with van der Waals surface area (Å²) in [6.45, 7) is 4.28. The van der Waals surface area contributed by atoms with E-state index in [1.165, 1.54) is 6.20 Å². The summed E-state index contributed by atoms with van der Waals surface area (Å²) in [7, 11) is 0. The Morgan fingerprint density at radius 2 is 2.30 bits per heavy atom. The van der Waals surface area contributed by atoms with E-state index >= 15 is 0 Å². The van der Waals surface area contributed by atoms with Crippen LogP contribution < -0.4 is 16.3 Å². The maximum Gasteiger partial charge on any atom is 0.0975 e. The predicted octanol–water partition coefficient (Wildman–Crippen LogP) is -1.47. The van der Waals surface area contributed by atoms with E-state index in [9.17, 15) is 5.21 Å². The van der Waals surface area contributed by atoms with Crippen LogP contribution in [0.1, 0.15) is 0 Å². The van der Waals surface area contributed by atoms with Gasteiger partial charge in [0.15, 0.2) is 0 Å². The smallest absolute Gasteiger partial charge is 0.0975 e. The van der Waals surface area contributed by atoms with Crippen molar-refractivity contribution in [1.82, 2.24) is 5.43 Å². The Morgan fingerprint density at radius 3 is 2.80 bits per heavy atom. The first-order chi connectivity index (χ1) is 4.81. The summed E-state index contributed by atoms with van der Waals surface area (Å²) >= 11 is 0. The minimum Gasteiger partial charge on any atom is -0.634 e. The molecule has 0 heterocycles. The van der Waals surface area contributed by atoms with E-state index in [1.807, 2.05) is 0 Å². The summed E-state index contributed by atoms with van der Waals surface area (Å²) in [5.41, 5.74) is 2.31. The molecule has 0 aromatic carbocycles. The van der Waals surface area contributed by atoms with Gasteiger partial charge in [0.1, 0.15) is 0 Å². The zero-order chi connectivity index (χ0) is 7.82. The number of rotatable bonds is 5. The van der Waals surface area contributed by atoms with E-state index in [1.54, 1.807) is 12.2 Å². The first-order valence-corrected chi connectivity index (χ1v) is 3.05. The van der Waals surface area contributed by atoms with E-state index < -0.39 is 0 Å². The number of quaternary nitrogens is 1. The minimum absolute atomic E-state index is 0.140. The SMILES string of the molecule is C=CC[NH+]([O-])C/C=C/NN. The Bertz CT molecular complexity index is 114. The zero-order valence-electron chi connectivity index (χ0n) is 5.84. The first-order valence-electron chi connectivity index (χ1n) is 3.05. The molecule has 1 atom stereocenters. The number of hydrazine groups is 1. The molecular weight excluding hydrogens is 130 g/mol. The van der Waals surface area contributed by atoms with Crippen LogP contribution in [0.4, 0.5) is 0 Å². The van der Waals surface area contributed by atoms with Gasteiger partial charge >= 0.3 is 0 Å². The second-order valence-electron chi connectivity index (χ2n) is 1.80. The number of hydrogen-bond acceptors (Lipinski definition) is 3. The second-order valence-corrected chi connectivity index (χ2v) is 1.80. The topological polar surface area (TPSA) is 65.5 Å². The van der Waals surface area contributed by atoms with Crippen LogP contribution in [-0.4, -0.2) is 13.1 Å². The van der Waals surface area contributed by atoms with Crippen molar-refractivity contribution in [2.24, 2.45) is 5.84 Å². The predicted molar refractivity (Wildman–Crippen MR) is 40.7 cm³/mol. The molecule has 0 amide bonds. The van der Waals surface area contributed by atoms with Crippen molar-refractivity contribution >= 4 is 0 Å². The molecule has 1 unspecified atom stereocenters. The summed E-state index contributed by atoms with van der Waals surface area (Å²) in [6.07, 6.45) is 4.79. The van der Waals surface area contributed by atoms with Crippen molar-refractivity contribution in [3.8, 4) is 0 Å². The Labute approximate surface area is 60.6 Å². The van der Waals surface area contributed by atoms with Crippen molar-refractivity contribution in [3.63, 3.8) is 0 Å². The van der Waals surface area contributed by atoms with Crippen molar-refractivity contribution in [2.45, 2.75) is 0 Å². The Balaban J connectivity index is 3.28. The molecule has 0 aliphatic heterocycles. The molecule has 0 rings (SSSR count). The molecule has 0 radical (unpaired) electrons. The summed E-state index contributed by atoms with van der Waals surface area (Å²) in [5.74, 6) is 4.92. The number of hydroxylamine groups is 2. The molecular formula is C6H13N3O. The number of nitrogens with one attached hydrogen (secondary N) is 2. The molecule has 0 aromatic rings. The van der Waals surface area contributed by atoms with Crippen LogP contribution in [0.15, 0.2) is 24.9 Å². The van der Waals surface area contributed by atoms with Crippen LogP contribution >= 0.6 is 0 Å². The van der Waals surface area contributed by atoms with Crippen molar-refractivity contribution in [3.05, 3.63) is 30.1 Å². The Kier molecular flexibility index (Phi) is 5.75. The third-order valence-corrected chi connectivity index (χ3v) is 0.932. The van der Waals surface area contributed by atoms with Crippen LogP contribution in [-0.2, 0) is 0 Å². The van der Waals surface area contributed by atoms with Crippen LogP contribution in [0.3, 0.4) is 0 Å². The van der Waals surface area contributed by atoms with Crippen LogP contribution in [0.25, 0.3) is 0 Å². The van der Waals surface area contributed by atoms with Gasteiger partial charge in [-0.3, -0.25) is 5.84 Å². The standard InChI is InChI=1S/C6H13N3O/c1-2-5-9(10)6-3-4-8-7/h2-4,8-9H,1,5-7H2/b4-3+. The van der Waals surface area contributed by atoms with Crippen LogP contribution in [0.5, 0.6) is 0 Å². The molecule has 0 saturated carbocycles. The molecule has 0 bridgehead atoms. The fourth-order valence-corrected chi connectivity index (χ4v) is 0.503. The average Bonchev–Trinajstić information content (AvgIpc) is 1.89. The lowest BCUT2D eigenvalue weighted by molar-refractivity contribution is -0.834. The van der Waals surface area contributed by atoms with Gasteiger partial charge in [0.25, 0.3) is 0 Å². The van der Waals surface area contributed by atoms with Gasteiger partial charge in [0.2, 0.25) is 0 Å². The summed E-state index contributed by atoms with van der Waals surface area (Å²) in [4.78, 5) is 0. The van der Waals surface area contributed by atoms with E-state index in [0.29, 0.717) is 13.1 Å². The first kappa shape index (κ1) is 9.16. The monoisotopic (exact) mass is 143 g/mol. The van der Waals surface area contributed by atoms with E-state index in [0.717, 1.165) is 0 Å². The van der Waals surface area contributed by atoms with Gasteiger partial charge in [-0.2, -0.15) is 0 Å². The molecule has 4 N–H and O–H groups in total. The van der Waals surface area contributed by atoms with E-state index in [-0.39, 0.29) is 5.06 Å². The fraction of sp³-hybridized carbons (Fsp3) is 0.333. The Hall–Kier alpha value is -0.840. The van der Waals surface area contributed by atoms with Gasteiger partial charge in [0, 0.05) is 6.20 Å². The zero-order valence-corrected chi connectivity index (χ0v) is 5.84. The quantitative estimate of drug-likeness (QED) is 0.250. The maximum atomic E-state index is 10.7. The van der Waals surface area contributed by atoms with Gasteiger partial charge < -0.3 is 15.7 Å². The second kappa shape index (κ2) is 6.28. The van der Waals surface area contributed by atoms with E-state index in [4.69, 9.17) is 5.84 Å². The molecule has 0 aliphatic rings. The number of nitrogens with two attached hydrogens (primary N) is 1. The average molecular weight is 143 g/mol. The molecule has 4 heteroatoms. The normalized spacial score (nSPS) is 13.4.